The number of hydrogen-bond acceptors (Lipinski definition) is 4. The van der Waals surface area contributed by atoms with Gasteiger partial charge in [-0.05, 0) is 49.1 Å². The molecule has 0 bridgehead atoms. The maximum atomic E-state index is 13.2. The van der Waals surface area contributed by atoms with Crippen molar-refractivity contribution in [3.63, 3.8) is 0 Å². The van der Waals surface area contributed by atoms with Crippen molar-refractivity contribution >= 4 is 0 Å². The summed E-state index contributed by atoms with van der Waals surface area (Å²) in [6.45, 7) is 1.63. The Kier molecular flexibility index (Phi) is 5.58. The van der Waals surface area contributed by atoms with Gasteiger partial charge in [-0.1, -0.05) is 54.0 Å². The van der Waals surface area contributed by atoms with Crippen molar-refractivity contribution in [1.82, 2.24) is 15.0 Å². The fraction of sp³-hybridized carbons (Fsp3) is 0.364. The quantitative estimate of drug-likeness (QED) is 0.634. The summed E-state index contributed by atoms with van der Waals surface area (Å²) in [5, 5.41) is 4.14. The summed E-state index contributed by atoms with van der Waals surface area (Å²) in [6.07, 6.45) is 5.09. The second kappa shape index (κ2) is 8.44. The summed E-state index contributed by atoms with van der Waals surface area (Å²) in [6, 6.07) is 17.5. The number of aryl methyl sites for hydroxylation is 2. The van der Waals surface area contributed by atoms with Crippen LogP contribution in [0.25, 0.3) is 0 Å². The van der Waals surface area contributed by atoms with Crippen molar-refractivity contribution < 1.29 is 8.91 Å². The minimum atomic E-state index is -0.193. The summed E-state index contributed by atoms with van der Waals surface area (Å²) < 4.78 is 18.7. The number of aromatic nitrogens is 2. The summed E-state index contributed by atoms with van der Waals surface area (Å²) in [7, 11) is 0. The highest BCUT2D eigenvalue weighted by Crippen LogP contribution is 2.32. The van der Waals surface area contributed by atoms with Crippen LogP contribution in [-0.4, -0.2) is 21.6 Å². The van der Waals surface area contributed by atoms with E-state index in [0.29, 0.717) is 12.4 Å². The summed E-state index contributed by atoms with van der Waals surface area (Å²) >= 11 is 0. The van der Waals surface area contributed by atoms with E-state index >= 15 is 0 Å². The fourth-order valence-electron chi connectivity index (χ4n) is 3.77. The minimum Gasteiger partial charge on any atom is -0.338 e. The first-order valence-corrected chi connectivity index (χ1v) is 9.63. The minimum absolute atomic E-state index is 0.193. The van der Waals surface area contributed by atoms with Crippen LogP contribution in [-0.2, 0) is 19.4 Å². The van der Waals surface area contributed by atoms with E-state index in [-0.39, 0.29) is 11.9 Å². The molecule has 0 spiro atoms. The summed E-state index contributed by atoms with van der Waals surface area (Å²) in [5.74, 6) is 1.22. The predicted octanol–water partition coefficient (Wildman–Crippen LogP) is 4.72. The van der Waals surface area contributed by atoms with Crippen LogP contribution in [0, 0.1) is 5.82 Å². The van der Waals surface area contributed by atoms with E-state index in [2.05, 4.69) is 27.2 Å². The molecule has 1 aliphatic heterocycles. The van der Waals surface area contributed by atoms with Crippen LogP contribution in [0.3, 0.4) is 0 Å². The number of halogens is 1. The first-order chi connectivity index (χ1) is 13.3. The van der Waals surface area contributed by atoms with Crippen molar-refractivity contribution in [1.29, 1.82) is 0 Å². The van der Waals surface area contributed by atoms with Gasteiger partial charge in [-0.2, -0.15) is 4.98 Å². The molecule has 4 rings (SSSR count). The first-order valence-electron chi connectivity index (χ1n) is 9.63. The van der Waals surface area contributed by atoms with Crippen molar-refractivity contribution in [2.45, 2.75) is 44.7 Å². The first kappa shape index (κ1) is 17.9. The lowest BCUT2D eigenvalue weighted by atomic mass is 9.95. The van der Waals surface area contributed by atoms with E-state index in [9.17, 15) is 4.39 Å². The monoisotopic (exact) mass is 365 g/mol. The van der Waals surface area contributed by atoms with Gasteiger partial charge in [-0.25, -0.2) is 4.39 Å². The Hall–Kier alpha value is -2.53. The van der Waals surface area contributed by atoms with Gasteiger partial charge in [0.25, 0.3) is 0 Å². The molecule has 5 heteroatoms. The zero-order valence-electron chi connectivity index (χ0n) is 15.4. The summed E-state index contributed by atoms with van der Waals surface area (Å²) in [5.41, 5.74) is 2.43. The number of piperidine rings is 1. The van der Waals surface area contributed by atoms with Crippen LogP contribution in [0.15, 0.2) is 59.1 Å². The molecule has 1 aliphatic rings. The second-order valence-electron chi connectivity index (χ2n) is 7.12. The Morgan fingerprint density at radius 3 is 2.63 bits per heavy atom. The lowest BCUT2D eigenvalue weighted by molar-refractivity contribution is 0.124. The number of rotatable bonds is 6. The third-order valence-corrected chi connectivity index (χ3v) is 5.20. The van der Waals surface area contributed by atoms with E-state index in [1.165, 1.54) is 24.1 Å². The molecule has 2 aromatic carbocycles. The van der Waals surface area contributed by atoms with Gasteiger partial charge in [0, 0.05) is 12.5 Å². The maximum absolute atomic E-state index is 13.2. The van der Waals surface area contributed by atoms with E-state index in [0.717, 1.165) is 43.6 Å². The maximum Gasteiger partial charge on any atom is 0.240 e. The largest absolute Gasteiger partial charge is 0.338 e. The summed E-state index contributed by atoms with van der Waals surface area (Å²) in [4.78, 5) is 6.95. The van der Waals surface area contributed by atoms with Crippen molar-refractivity contribution in [2.24, 2.45) is 0 Å². The third-order valence-electron chi connectivity index (χ3n) is 5.20. The molecule has 1 atom stereocenters. The lowest BCUT2D eigenvalue weighted by Crippen LogP contribution is -2.33. The molecule has 0 radical (unpaired) electrons. The van der Waals surface area contributed by atoms with Crippen LogP contribution in [0.5, 0.6) is 0 Å². The van der Waals surface area contributed by atoms with E-state index < -0.39 is 0 Å². The fourth-order valence-corrected chi connectivity index (χ4v) is 3.77. The molecule has 1 saturated heterocycles. The molecular weight excluding hydrogens is 341 g/mol. The van der Waals surface area contributed by atoms with E-state index in [1.807, 2.05) is 30.3 Å². The van der Waals surface area contributed by atoms with E-state index in [4.69, 9.17) is 4.52 Å². The zero-order valence-corrected chi connectivity index (χ0v) is 15.4. The van der Waals surface area contributed by atoms with Gasteiger partial charge in [-0.3, -0.25) is 4.90 Å². The van der Waals surface area contributed by atoms with Gasteiger partial charge in [0.05, 0.1) is 6.54 Å². The Morgan fingerprint density at radius 1 is 1.00 bits per heavy atom. The van der Waals surface area contributed by atoms with Crippen LogP contribution < -0.4 is 0 Å². The van der Waals surface area contributed by atoms with Gasteiger partial charge in [0.2, 0.25) is 5.89 Å². The zero-order chi connectivity index (χ0) is 18.5. The standard InChI is InChI=1S/C22H24FN3O/c23-19-12-10-18(11-13-19)20-8-4-5-15-26(20)16-22-24-21(25-27-22)14-9-17-6-2-1-3-7-17/h1-3,6-7,10-13,20H,4-5,8-9,14-16H2/t20-/m1/s1. The second-order valence-corrected chi connectivity index (χ2v) is 7.12. The van der Waals surface area contributed by atoms with Gasteiger partial charge in [0.15, 0.2) is 5.82 Å². The van der Waals surface area contributed by atoms with Crippen LogP contribution in [0.1, 0.15) is 48.1 Å². The van der Waals surface area contributed by atoms with Crippen molar-refractivity contribution in [3.05, 3.63) is 83.3 Å². The average Bonchev–Trinajstić information content (AvgIpc) is 3.16. The highest BCUT2D eigenvalue weighted by atomic mass is 19.1. The molecule has 3 aromatic rings. The molecular formula is C22H24FN3O. The highest BCUT2D eigenvalue weighted by molar-refractivity contribution is 5.20. The number of hydrogen-bond donors (Lipinski definition) is 0. The molecule has 27 heavy (non-hydrogen) atoms. The molecule has 1 fully saturated rings. The van der Waals surface area contributed by atoms with Crippen LogP contribution in [0.4, 0.5) is 4.39 Å². The van der Waals surface area contributed by atoms with Crippen molar-refractivity contribution in [3.8, 4) is 0 Å². The Labute approximate surface area is 159 Å². The van der Waals surface area contributed by atoms with E-state index in [1.54, 1.807) is 0 Å². The Morgan fingerprint density at radius 2 is 1.81 bits per heavy atom. The molecule has 2 heterocycles. The number of likely N-dealkylation sites (tertiary alicyclic amines) is 1. The molecule has 0 amide bonds. The predicted molar refractivity (Wildman–Crippen MR) is 102 cm³/mol. The highest BCUT2D eigenvalue weighted by Gasteiger charge is 2.25. The van der Waals surface area contributed by atoms with Gasteiger partial charge in [0.1, 0.15) is 5.82 Å². The number of benzene rings is 2. The topological polar surface area (TPSA) is 42.2 Å². The SMILES string of the molecule is Fc1ccc([C@H]2CCCCN2Cc2nc(CCc3ccccc3)no2)cc1. The lowest BCUT2D eigenvalue weighted by Gasteiger charge is -2.35. The molecule has 4 nitrogen and oxygen atoms in total. The van der Waals surface area contributed by atoms with Gasteiger partial charge in [-0.15, -0.1) is 0 Å². The normalized spacial score (nSPS) is 17.9. The van der Waals surface area contributed by atoms with Gasteiger partial charge >= 0.3 is 0 Å². The van der Waals surface area contributed by atoms with Gasteiger partial charge < -0.3 is 4.52 Å². The van der Waals surface area contributed by atoms with Crippen LogP contribution in [0.2, 0.25) is 0 Å². The molecule has 0 aliphatic carbocycles. The Bertz CT molecular complexity index is 848. The smallest absolute Gasteiger partial charge is 0.240 e. The molecule has 140 valence electrons. The number of nitrogens with zero attached hydrogens (tertiary/aromatic N) is 3. The average molecular weight is 365 g/mol. The molecule has 0 N–H and O–H groups in total. The Balaban J connectivity index is 1.40. The van der Waals surface area contributed by atoms with Crippen LogP contribution >= 0.6 is 0 Å². The third kappa shape index (κ3) is 4.61. The molecule has 0 unspecified atom stereocenters. The molecule has 1 aromatic heterocycles. The van der Waals surface area contributed by atoms with Crippen molar-refractivity contribution in [2.75, 3.05) is 6.54 Å². The molecule has 0 saturated carbocycles.